The topological polar surface area (TPSA) is 37.3 Å². The average Bonchev–Trinajstić information content (AvgIpc) is 1.99. The van der Waals surface area contributed by atoms with Crippen LogP contribution in [0.25, 0.3) is 0 Å². The van der Waals surface area contributed by atoms with Gasteiger partial charge in [0, 0.05) is 0 Å². The minimum Gasteiger partial charge on any atom is -0.481 e. The molecule has 0 radical (unpaired) electrons. The van der Waals surface area contributed by atoms with Crippen LogP contribution in [0.5, 0.6) is 0 Å². The summed E-state index contributed by atoms with van der Waals surface area (Å²) >= 11 is 0. The first-order valence-corrected chi connectivity index (χ1v) is 4.91. The standard InChI is InChI=1S/C12H15FO2/c1-7(2)11(12(14)15)9-4-8(3)5-10(13)6-9/h4-7,11H,1-3H3,(H,14,15). The molecule has 0 fully saturated rings. The molecule has 1 atom stereocenters. The molecule has 1 rings (SSSR count). The number of hydrogen-bond donors (Lipinski definition) is 1. The first kappa shape index (κ1) is 11.7. The van der Waals surface area contributed by atoms with Gasteiger partial charge in [0.1, 0.15) is 5.82 Å². The summed E-state index contributed by atoms with van der Waals surface area (Å²) in [5.74, 6) is -1.98. The van der Waals surface area contributed by atoms with E-state index in [1.165, 1.54) is 12.1 Å². The molecular formula is C12H15FO2. The molecule has 0 aliphatic carbocycles. The number of carboxylic acids is 1. The lowest BCUT2D eigenvalue weighted by Gasteiger charge is -2.17. The van der Waals surface area contributed by atoms with Crippen LogP contribution in [-0.2, 0) is 4.79 Å². The van der Waals surface area contributed by atoms with E-state index >= 15 is 0 Å². The molecule has 0 aliphatic rings. The summed E-state index contributed by atoms with van der Waals surface area (Å²) in [6.45, 7) is 5.39. The molecule has 3 heteroatoms. The summed E-state index contributed by atoms with van der Waals surface area (Å²) < 4.78 is 13.1. The maximum Gasteiger partial charge on any atom is 0.311 e. The Kier molecular flexibility index (Phi) is 3.45. The van der Waals surface area contributed by atoms with Gasteiger partial charge in [-0.15, -0.1) is 0 Å². The third kappa shape index (κ3) is 2.78. The van der Waals surface area contributed by atoms with E-state index in [1.807, 2.05) is 13.8 Å². The normalized spacial score (nSPS) is 12.9. The van der Waals surface area contributed by atoms with Gasteiger partial charge in [-0.1, -0.05) is 19.9 Å². The fraction of sp³-hybridized carbons (Fsp3) is 0.417. The smallest absolute Gasteiger partial charge is 0.311 e. The predicted octanol–water partition coefficient (Wildman–Crippen LogP) is 2.96. The van der Waals surface area contributed by atoms with Crippen molar-refractivity contribution in [1.82, 2.24) is 0 Å². The van der Waals surface area contributed by atoms with Crippen LogP contribution >= 0.6 is 0 Å². The van der Waals surface area contributed by atoms with E-state index in [0.717, 1.165) is 5.56 Å². The maximum atomic E-state index is 13.1. The molecule has 0 bridgehead atoms. The van der Waals surface area contributed by atoms with Crippen LogP contribution in [0, 0.1) is 18.7 Å². The number of halogens is 1. The van der Waals surface area contributed by atoms with Crippen molar-refractivity contribution in [2.75, 3.05) is 0 Å². The van der Waals surface area contributed by atoms with Crippen LogP contribution in [0.3, 0.4) is 0 Å². The minimum absolute atomic E-state index is 0.0521. The highest BCUT2D eigenvalue weighted by molar-refractivity contribution is 5.76. The van der Waals surface area contributed by atoms with Gasteiger partial charge in [-0.25, -0.2) is 4.39 Å². The van der Waals surface area contributed by atoms with Crippen molar-refractivity contribution in [1.29, 1.82) is 0 Å². The number of rotatable bonds is 3. The zero-order valence-corrected chi connectivity index (χ0v) is 9.12. The predicted molar refractivity (Wildman–Crippen MR) is 56.4 cm³/mol. The number of carboxylic acid groups (broad SMARTS) is 1. The van der Waals surface area contributed by atoms with Gasteiger partial charge in [0.25, 0.3) is 0 Å². The molecule has 0 saturated heterocycles. The molecule has 0 aromatic heterocycles. The molecule has 2 nitrogen and oxygen atoms in total. The van der Waals surface area contributed by atoms with Gasteiger partial charge < -0.3 is 5.11 Å². The summed E-state index contributed by atoms with van der Waals surface area (Å²) in [5, 5.41) is 9.06. The van der Waals surface area contributed by atoms with E-state index in [4.69, 9.17) is 5.11 Å². The highest BCUT2D eigenvalue weighted by atomic mass is 19.1. The fourth-order valence-corrected chi connectivity index (χ4v) is 1.76. The molecular weight excluding hydrogens is 195 g/mol. The molecule has 0 amide bonds. The van der Waals surface area contributed by atoms with Crippen LogP contribution < -0.4 is 0 Å². The Labute approximate surface area is 88.7 Å². The Morgan fingerprint density at radius 2 is 1.93 bits per heavy atom. The third-order valence-electron chi connectivity index (χ3n) is 2.36. The number of hydrogen-bond acceptors (Lipinski definition) is 1. The summed E-state index contributed by atoms with van der Waals surface area (Å²) in [7, 11) is 0. The number of aryl methyl sites for hydroxylation is 1. The third-order valence-corrected chi connectivity index (χ3v) is 2.36. The largest absolute Gasteiger partial charge is 0.481 e. The lowest BCUT2D eigenvalue weighted by atomic mass is 9.88. The molecule has 0 heterocycles. The van der Waals surface area contributed by atoms with E-state index in [9.17, 15) is 9.18 Å². The second kappa shape index (κ2) is 4.43. The van der Waals surface area contributed by atoms with Crippen molar-refractivity contribution in [2.24, 2.45) is 5.92 Å². The van der Waals surface area contributed by atoms with Crippen molar-refractivity contribution in [2.45, 2.75) is 26.7 Å². The fourth-order valence-electron chi connectivity index (χ4n) is 1.76. The van der Waals surface area contributed by atoms with Gasteiger partial charge >= 0.3 is 5.97 Å². The number of carbonyl (C=O) groups is 1. The monoisotopic (exact) mass is 210 g/mol. The lowest BCUT2D eigenvalue weighted by molar-refractivity contribution is -0.139. The summed E-state index contributed by atoms with van der Waals surface area (Å²) in [6, 6.07) is 4.41. The summed E-state index contributed by atoms with van der Waals surface area (Å²) in [4.78, 5) is 11.0. The minimum atomic E-state index is -0.907. The average molecular weight is 210 g/mol. The van der Waals surface area contributed by atoms with Crippen molar-refractivity contribution < 1.29 is 14.3 Å². The Morgan fingerprint density at radius 1 is 1.33 bits per heavy atom. The van der Waals surface area contributed by atoms with Gasteiger partial charge in [-0.3, -0.25) is 4.79 Å². The van der Waals surface area contributed by atoms with E-state index in [-0.39, 0.29) is 11.7 Å². The zero-order valence-electron chi connectivity index (χ0n) is 9.12. The van der Waals surface area contributed by atoms with Crippen LogP contribution in [0.1, 0.15) is 30.9 Å². The molecule has 1 aromatic carbocycles. The molecule has 1 aromatic rings. The van der Waals surface area contributed by atoms with Crippen LogP contribution in [-0.4, -0.2) is 11.1 Å². The second-order valence-corrected chi connectivity index (χ2v) is 4.12. The first-order chi connectivity index (χ1) is 6.91. The van der Waals surface area contributed by atoms with E-state index in [1.54, 1.807) is 13.0 Å². The summed E-state index contributed by atoms with van der Waals surface area (Å²) in [5.41, 5.74) is 1.28. The highest BCUT2D eigenvalue weighted by Gasteiger charge is 2.24. The molecule has 0 spiro atoms. The molecule has 15 heavy (non-hydrogen) atoms. The van der Waals surface area contributed by atoms with Crippen molar-refractivity contribution in [3.8, 4) is 0 Å². The molecule has 82 valence electrons. The first-order valence-electron chi connectivity index (χ1n) is 4.91. The molecule has 1 N–H and O–H groups in total. The van der Waals surface area contributed by atoms with Crippen molar-refractivity contribution >= 4 is 5.97 Å². The highest BCUT2D eigenvalue weighted by Crippen LogP contribution is 2.26. The summed E-state index contributed by atoms with van der Waals surface area (Å²) in [6.07, 6.45) is 0. The van der Waals surface area contributed by atoms with Gasteiger partial charge in [0.15, 0.2) is 0 Å². The molecule has 0 saturated carbocycles. The molecule has 0 aliphatic heterocycles. The number of benzene rings is 1. The van der Waals surface area contributed by atoms with Gasteiger partial charge in [-0.2, -0.15) is 0 Å². The van der Waals surface area contributed by atoms with Gasteiger partial charge in [0.2, 0.25) is 0 Å². The van der Waals surface area contributed by atoms with E-state index in [0.29, 0.717) is 5.56 Å². The van der Waals surface area contributed by atoms with Crippen molar-refractivity contribution in [3.63, 3.8) is 0 Å². The van der Waals surface area contributed by atoms with Crippen LogP contribution in [0.2, 0.25) is 0 Å². The SMILES string of the molecule is Cc1cc(F)cc(C(C(=O)O)C(C)C)c1. The maximum absolute atomic E-state index is 13.1. The van der Waals surface area contributed by atoms with Crippen molar-refractivity contribution in [3.05, 3.63) is 35.1 Å². The Morgan fingerprint density at radius 3 is 2.33 bits per heavy atom. The van der Waals surface area contributed by atoms with E-state index < -0.39 is 11.9 Å². The second-order valence-electron chi connectivity index (χ2n) is 4.12. The van der Waals surface area contributed by atoms with Crippen LogP contribution in [0.15, 0.2) is 18.2 Å². The quantitative estimate of drug-likeness (QED) is 0.832. The van der Waals surface area contributed by atoms with E-state index in [2.05, 4.69) is 0 Å². The Balaban J connectivity index is 3.17. The zero-order chi connectivity index (χ0) is 11.6. The Hall–Kier alpha value is -1.38. The van der Waals surface area contributed by atoms with Gasteiger partial charge in [0.05, 0.1) is 5.92 Å². The number of aliphatic carboxylic acids is 1. The van der Waals surface area contributed by atoms with Crippen LogP contribution in [0.4, 0.5) is 4.39 Å². The molecule has 1 unspecified atom stereocenters. The van der Waals surface area contributed by atoms with Gasteiger partial charge in [-0.05, 0) is 36.1 Å². The Bertz CT molecular complexity index is 352. The lowest BCUT2D eigenvalue weighted by Crippen LogP contribution is -2.17.